The molecule has 1 aromatic carbocycles. The van der Waals surface area contributed by atoms with Gasteiger partial charge in [0.05, 0.1) is 11.6 Å². The van der Waals surface area contributed by atoms with E-state index in [1.54, 1.807) is 24.3 Å². The lowest BCUT2D eigenvalue weighted by Crippen LogP contribution is -2.17. The van der Waals surface area contributed by atoms with Crippen LogP contribution in [-0.2, 0) is 9.53 Å². The van der Waals surface area contributed by atoms with Gasteiger partial charge in [0, 0.05) is 23.9 Å². The highest BCUT2D eigenvalue weighted by atomic mass is 16.5. The van der Waals surface area contributed by atoms with Gasteiger partial charge in [-0.05, 0) is 39.0 Å². The lowest BCUT2D eigenvalue weighted by atomic mass is 10.0. The summed E-state index contributed by atoms with van der Waals surface area (Å²) in [7, 11) is 0. The number of hydrogen-bond donors (Lipinski definition) is 1. The molecule has 1 aromatic heterocycles. The molecule has 5 nitrogen and oxygen atoms in total. The van der Waals surface area contributed by atoms with Crippen LogP contribution in [0, 0.1) is 13.8 Å². The highest BCUT2D eigenvalue weighted by Crippen LogP contribution is 2.26. The summed E-state index contributed by atoms with van der Waals surface area (Å²) in [4.78, 5) is 23.7. The van der Waals surface area contributed by atoms with E-state index in [0.717, 1.165) is 11.4 Å². The Morgan fingerprint density at radius 3 is 2.48 bits per heavy atom. The van der Waals surface area contributed by atoms with Crippen LogP contribution in [-0.4, -0.2) is 28.0 Å². The average Bonchev–Trinajstić information content (AvgIpc) is 2.79. The van der Waals surface area contributed by atoms with Gasteiger partial charge in [0.1, 0.15) is 12.4 Å². The maximum absolute atomic E-state index is 12.7. The molecule has 0 aliphatic rings. The number of aromatic hydroxyl groups is 1. The van der Waals surface area contributed by atoms with Gasteiger partial charge >= 0.3 is 5.97 Å². The van der Waals surface area contributed by atoms with E-state index in [1.807, 2.05) is 25.3 Å². The molecule has 2 rings (SSSR count). The largest absolute Gasteiger partial charge is 0.507 e. The number of nitrogens with zero attached hydrogens (tertiary/aromatic N) is 1. The summed E-state index contributed by atoms with van der Waals surface area (Å²) >= 11 is 0. The first-order valence-corrected chi connectivity index (χ1v) is 7.47. The summed E-state index contributed by atoms with van der Waals surface area (Å²) < 4.78 is 7.03. The molecular formula is C18H21NO4. The first-order chi connectivity index (χ1) is 10.8. The maximum Gasteiger partial charge on any atom is 0.302 e. The molecule has 2 aromatic rings. The highest BCUT2D eigenvalue weighted by Gasteiger charge is 2.21. The van der Waals surface area contributed by atoms with Crippen LogP contribution in [0.15, 0.2) is 30.3 Å². The van der Waals surface area contributed by atoms with E-state index < -0.39 is 0 Å². The van der Waals surface area contributed by atoms with Crippen molar-refractivity contribution in [2.45, 2.75) is 33.7 Å². The van der Waals surface area contributed by atoms with Crippen LogP contribution in [0.5, 0.6) is 5.75 Å². The quantitative estimate of drug-likeness (QED) is 0.680. The number of benzene rings is 1. The number of aromatic nitrogens is 1. The lowest BCUT2D eigenvalue weighted by molar-refractivity contribution is -0.141. The van der Waals surface area contributed by atoms with Crippen LogP contribution < -0.4 is 0 Å². The number of ketones is 1. The fourth-order valence-electron chi connectivity index (χ4n) is 2.81. The molecular weight excluding hydrogens is 294 g/mol. The number of esters is 1. The van der Waals surface area contributed by atoms with Gasteiger partial charge in [-0.15, -0.1) is 0 Å². The van der Waals surface area contributed by atoms with Gasteiger partial charge in [-0.25, -0.2) is 0 Å². The zero-order valence-corrected chi connectivity index (χ0v) is 13.8. The van der Waals surface area contributed by atoms with E-state index >= 15 is 0 Å². The summed E-state index contributed by atoms with van der Waals surface area (Å²) in [6.45, 7) is 7.30. The second-order valence-electron chi connectivity index (χ2n) is 5.65. The van der Waals surface area contributed by atoms with Crippen LogP contribution in [0.4, 0.5) is 0 Å². The summed E-state index contributed by atoms with van der Waals surface area (Å²) in [6.07, 6.45) is 0. The van der Waals surface area contributed by atoms with Gasteiger partial charge in [-0.1, -0.05) is 12.1 Å². The number of ether oxygens (including phenoxy) is 1. The fraction of sp³-hybridized carbons (Fsp3) is 0.333. The molecule has 5 heteroatoms. The molecule has 0 amide bonds. The van der Waals surface area contributed by atoms with Crippen LogP contribution in [0.1, 0.15) is 47.2 Å². The molecule has 23 heavy (non-hydrogen) atoms. The lowest BCUT2D eigenvalue weighted by Gasteiger charge is -2.18. The maximum atomic E-state index is 12.7. The first kappa shape index (κ1) is 16.8. The Morgan fingerprint density at radius 1 is 1.22 bits per heavy atom. The van der Waals surface area contributed by atoms with Gasteiger partial charge in [-0.2, -0.15) is 0 Å². The van der Waals surface area contributed by atoms with Crippen LogP contribution >= 0.6 is 0 Å². The Balaban J connectivity index is 2.36. The van der Waals surface area contributed by atoms with Gasteiger partial charge in [0.2, 0.25) is 0 Å². The van der Waals surface area contributed by atoms with E-state index in [-0.39, 0.29) is 35.7 Å². The molecule has 1 N–H and O–H groups in total. The number of carbonyl (C=O) groups excluding carboxylic acids is 2. The van der Waals surface area contributed by atoms with E-state index in [0.29, 0.717) is 5.56 Å². The monoisotopic (exact) mass is 315 g/mol. The third-order valence-corrected chi connectivity index (χ3v) is 3.85. The van der Waals surface area contributed by atoms with Crippen molar-refractivity contribution in [2.75, 3.05) is 6.61 Å². The van der Waals surface area contributed by atoms with Crippen molar-refractivity contribution in [3.05, 3.63) is 52.8 Å². The summed E-state index contributed by atoms with van der Waals surface area (Å²) in [5.74, 6) is -0.581. The zero-order valence-electron chi connectivity index (χ0n) is 13.8. The molecule has 0 aliphatic carbocycles. The Labute approximate surface area is 135 Å². The number of carbonyl (C=O) groups is 2. The van der Waals surface area contributed by atoms with Gasteiger partial charge in [0.15, 0.2) is 5.78 Å². The third kappa shape index (κ3) is 3.44. The first-order valence-electron chi connectivity index (χ1n) is 7.47. The number of rotatable bonds is 5. The smallest absolute Gasteiger partial charge is 0.302 e. The van der Waals surface area contributed by atoms with Gasteiger partial charge in [-0.3, -0.25) is 9.59 Å². The minimum atomic E-state index is -0.329. The molecule has 0 aliphatic heterocycles. The molecule has 0 radical (unpaired) electrons. The molecule has 0 spiro atoms. The SMILES string of the molecule is CC(=O)OCC(C)n1c(C)cc(C(=O)c2ccccc2O)c1C. The zero-order chi connectivity index (χ0) is 17.1. The number of phenols is 1. The Morgan fingerprint density at radius 2 is 1.87 bits per heavy atom. The van der Waals surface area contributed by atoms with Crippen molar-refractivity contribution < 1.29 is 19.4 Å². The van der Waals surface area contributed by atoms with E-state index in [9.17, 15) is 14.7 Å². The Bertz CT molecular complexity index is 745. The number of para-hydroxylation sites is 1. The molecule has 122 valence electrons. The molecule has 0 bridgehead atoms. The third-order valence-electron chi connectivity index (χ3n) is 3.85. The minimum Gasteiger partial charge on any atom is -0.507 e. The second kappa shape index (κ2) is 6.69. The Hall–Kier alpha value is -2.56. The number of aryl methyl sites for hydroxylation is 1. The van der Waals surface area contributed by atoms with E-state index in [4.69, 9.17) is 4.74 Å². The molecule has 1 unspecified atom stereocenters. The minimum absolute atomic E-state index is 0.0322. The molecule has 1 atom stereocenters. The van der Waals surface area contributed by atoms with E-state index in [2.05, 4.69) is 0 Å². The van der Waals surface area contributed by atoms with Crippen molar-refractivity contribution in [1.82, 2.24) is 4.57 Å². The van der Waals surface area contributed by atoms with Crippen LogP contribution in [0.3, 0.4) is 0 Å². The predicted octanol–water partition coefficient (Wildman–Crippen LogP) is 3.17. The van der Waals surface area contributed by atoms with Crippen LogP contribution in [0.25, 0.3) is 0 Å². The second-order valence-corrected chi connectivity index (χ2v) is 5.65. The average molecular weight is 315 g/mol. The van der Waals surface area contributed by atoms with Crippen molar-refractivity contribution in [3.8, 4) is 5.75 Å². The number of phenolic OH excluding ortho intramolecular Hbond substituents is 1. The summed E-state index contributed by atoms with van der Waals surface area (Å²) in [6, 6.07) is 8.21. The number of hydrogen-bond acceptors (Lipinski definition) is 4. The van der Waals surface area contributed by atoms with Crippen molar-refractivity contribution in [2.24, 2.45) is 0 Å². The van der Waals surface area contributed by atoms with Crippen molar-refractivity contribution in [3.63, 3.8) is 0 Å². The normalized spacial score (nSPS) is 12.0. The molecule has 0 fully saturated rings. The van der Waals surface area contributed by atoms with E-state index in [1.165, 1.54) is 13.0 Å². The standard InChI is InChI=1S/C18H21NO4/c1-11-9-16(18(22)15-7-5-6-8-17(15)21)13(3)19(11)12(2)10-23-14(4)20/h5-9,12,21H,10H2,1-4H3. The molecule has 1 heterocycles. The summed E-state index contributed by atoms with van der Waals surface area (Å²) in [5.41, 5.74) is 2.51. The topological polar surface area (TPSA) is 68.5 Å². The van der Waals surface area contributed by atoms with Crippen molar-refractivity contribution >= 4 is 11.8 Å². The van der Waals surface area contributed by atoms with Gasteiger partial charge < -0.3 is 14.4 Å². The Kier molecular flexibility index (Phi) is 4.89. The highest BCUT2D eigenvalue weighted by molar-refractivity contribution is 6.11. The van der Waals surface area contributed by atoms with Crippen molar-refractivity contribution in [1.29, 1.82) is 0 Å². The predicted molar refractivity (Wildman–Crippen MR) is 86.8 cm³/mol. The van der Waals surface area contributed by atoms with Crippen LogP contribution in [0.2, 0.25) is 0 Å². The molecule has 0 saturated heterocycles. The fourth-order valence-corrected chi connectivity index (χ4v) is 2.81. The van der Waals surface area contributed by atoms with Gasteiger partial charge in [0.25, 0.3) is 0 Å². The molecule has 0 saturated carbocycles. The summed E-state index contributed by atoms with van der Waals surface area (Å²) in [5, 5.41) is 9.88.